The Morgan fingerprint density at radius 1 is 1.27 bits per heavy atom. The summed E-state index contributed by atoms with van der Waals surface area (Å²) in [6.07, 6.45) is 0. The molecule has 0 atom stereocenters. The number of benzene rings is 1. The fourth-order valence-electron chi connectivity index (χ4n) is 0.687. The Balaban J connectivity index is 0.000001000. The van der Waals surface area contributed by atoms with Gasteiger partial charge in [-0.05, 0) is 0 Å². The molecule has 0 spiro atoms. The van der Waals surface area contributed by atoms with Gasteiger partial charge in [0.1, 0.15) is 0 Å². The molecule has 3 heteroatoms. The second-order valence-electron chi connectivity index (χ2n) is 2.20. The summed E-state index contributed by atoms with van der Waals surface area (Å²) < 4.78 is 24.9. The van der Waals surface area contributed by atoms with Crippen molar-refractivity contribution in [1.29, 1.82) is 0 Å². The van der Waals surface area contributed by atoms with Gasteiger partial charge in [0.05, 0.1) is 5.82 Å². The van der Waals surface area contributed by atoms with E-state index in [9.17, 15) is 8.78 Å². The van der Waals surface area contributed by atoms with Gasteiger partial charge in [-0.1, -0.05) is 13.8 Å². The Labute approximate surface area is 89.9 Å². The van der Waals surface area contributed by atoms with E-state index < -0.39 is 11.6 Å². The first-order valence-electron chi connectivity index (χ1n) is 2.96. The molecule has 0 saturated carbocycles. The molecule has 54 valence electrons. The van der Waals surface area contributed by atoms with Gasteiger partial charge in [-0.2, -0.15) is 11.6 Å². The number of hydrogen-bond acceptors (Lipinski definition) is 0. The zero-order valence-electron chi connectivity index (χ0n) is 6.41. The summed E-state index contributed by atoms with van der Waals surface area (Å²) in [5, 5.41) is 0. The number of hydrogen-bond donors (Lipinski definition) is 0. The number of halogens is 2. The van der Waals surface area contributed by atoms with E-state index in [2.05, 4.69) is 6.07 Å². The molecule has 0 aliphatic carbocycles. The number of aryl methyl sites for hydroxylation is 1. The summed E-state index contributed by atoms with van der Waals surface area (Å²) in [6, 6.07) is 3.61. The molecule has 0 bridgehead atoms. The molecule has 0 N–H and O–H groups in total. The molecule has 1 aromatic carbocycles. The smallest absolute Gasteiger partial charge is 0.281 e. The summed E-state index contributed by atoms with van der Waals surface area (Å²) in [7, 11) is 0. The van der Waals surface area contributed by atoms with Gasteiger partial charge in [0.15, 0.2) is 0 Å². The van der Waals surface area contributed by atoms with Gasteiger partial charge in [0, 0.05) is 5.82 Å². The van der Waals surface area contributed by atoms with Crippen molar-refractivity contribution in [2.45, 2.75) is 13.8 Å². The average molecular weight is 230 g/mol. The maximum absolute atomic E-state index is 12.6. The van der Waals surface area contributed by atoms with Crippen LogP contribution in [0.5, 0.6) is 0 Å². The van der Waals surface area contributed by atoms with Crippen molar-refractivity contribution in [2.24, 2.45) is 0 Å². The second kappa shape index (κ2) is 4.27. The summed E-state index contributed by atoms with van der Waals surface area (Å²) >= 11 is 0. The van der Waals surface area contributed by atoms with Crippen molar-refractivity contribution in [1.82, 2.24) is 0 Å². The Morgan fingerprint density at radius 2 is 1.82 bits per heavy atom. The Hall–Kier alpha value is 0.184. The molecule has 0 saturated heterocycles. The van der Waals surface area contributed by atoms with Crippen molar-refractivity contribution in [3.8, 4) is 0 Å². The molecular weight excluding hydrogens is 223 g/mol. The van der Waals surface area contributed by atoms with Gasteiger partial charge >= 0.3 is 32.7 Å². The third kappa shape index (κ3) is 2.31. The molecule has 0 unspecified atom stereocenters. The SMILES string of the molecule is Cc1[c-]cc(F)c(F)c1C.[Y+3]. The maximum atomic E-state index is 12.6. The molecule has 0 fully saturated rings. The first-order valence-corrected chi connectivity index (χ1v) is 2.96. The van der Waals surface area contributed by atoms with E-state index in [0.717, 1.165) is 6.07 Å². The van der Waals surface area contributed by atoms with E-state index in [1.165, 1.54) is 6.92 Å². The van der Waals surface area contributed by atoms with Crippen molar-refractivity contribution in [3.05, 3.63) is 34.9 Å². The fraction of sp³-hybridized carbons (Fsp3) is 0.250. The molecule has 1 rings (SSSR count). The van der Waals surface area contributed by atoms with Crippen LogP contribution in [-0.4, -0.2) is 0 Å². The Bertz CT molecular complexity index is 232. The normalized spacial score (nSPS) is 9.09. The molecule has 0 nitrogen and oxygen atoms in total. The molecule has 0 aromatic heterocycles. The van der Waals surface area contributed by atoms with Gasteiger partial charge in [0.2, 0.25) is 0 Å². The molecule has 0 aliphatic rings. The van der Waals surface area contributed by atoms with Gasteiger partial charge in [-0.15, -0.1) is 11.6 Å². The number of rotatable bonds is 0. The summed E-state index contributed by atoms with van der Waals surface area (Å²) in [6.45, 7) is 3.22. The van der Waals surface area contributed by atoms with Crippen molar-refractivity contribution in [2.75, 3.05) is 0 Å². The van der Waals surface area contributed by atoms with Crippen molar-refractivity contribution < 1.29 is 41.5 Å². The van der Waals surface area contributed by atoms with Crippen LogP contribution in [0.2, 0.25) is 0 Å². The van der Waals surface area contributed by atoms with E-state index in [-0.39, 0.29) is 32.7 Å². The largest absolute Gasteiger partial charge is 3.00 e. The fourth-order valence-corrected chi connectivity index (χ4v) is 0.687. The predicted octanol–water partition coefficient (Wildman–Crippen LogP) is 2.38. The third-order valence-corrected chi connectivity index (χ3v) is 1.52. The third-order valence-electron chi connectivity index (χ3n) is 1.52. The minimum absolute atomic E-state index is 0. The van der Waals surface area contributed by atoms with Crippen LogP contribution < -0.4 is 0 Å². The zero-order valence-corrected chi connectivity index (χ0v) is 9.25. The van der Waals surface area contributed by atoms with Crippen LogP contribution in [0.15, 0.2) is 6.07 Å². The van der Waals surface area contributed by atoms with Gasteiger partial charge < -0.3 is 0 Å². The van der Waals surface area contributed by atoms with E-state index >= 15 is 0 Å². The minimum Gasteiger partial charge on any atom is -0.281 e. The summed E-state index contributed by atoms with van der Waals surface area (Å²) in [4.78, 5) is 0. The monoisotopic (exact) mass is 230 g/mol. The maximum Gasteiger partial charge on any atom is 3.00 e. The van der Waals surface area contributed by atoms with E-state index in [4.69, 9.17) is 0 Å². The van der Waals surface area contributed by atoms with Crippen LogP contribution in [0.25, 0.3) is 0 Å². The summed E-state index contributed by atoms with van der Waals surface area (Å²) in [5.74, 6) is -1.60. The molecule has 0 radical (unpaired) electrons. The first kappa shape index (κ1) is 11.2. The van der Waals surface area contributed by atoms with Gasteiger partial charge in [-0.3, -0.25) is 4.39 Å². The first-order chi connectivity index (χ1) is 4.63. The molecule has 0 heterocycles. The molecule has 0 amide bonds. The van der Waals surface area contributed by atoms with Crippen LogP contribution in [0.4, 0.5) is 8.78 Å². The van der Waals surface area contributed by atoms with E-state index in [1.807, 2.05) is 0 Å². The van der Waals surface area contributed by atoms with Gasteiger partial charge in [0.25, 0.3) is 0 Å². The molecule has 1 aromatic rings. The van der Waals surface area contributed by atoms with Crippen molar-refractivity contribution >= 4 is 0 Å². The van der Waals surface area contributed by atoms with E-state index in [0.29, 0.717) is 11.1 Å². The molecular formula is C8H7F2Y+2. The Morgan fingerprint density at radius 3 is 2.27 bits per heavy atom. The van der Waals surface area contributed by atoms with E-state index in [1.54, 1.807) is 6.92 Å². The van der Waals surface area contributed by atoms with Crippen molar-refractivity contribution in [3.63, 3.8) is 0 Å². The topological polar surface area (TPSA) is 0 Å². The quantitative estimate of drug-likeness (QED) is 0.600. The van der Waals surface area contributed by atoms with Gasteiger partial charge in [-0.25, -0.2) is 4.39 Å². The van der Waals surface area contributed by atoms with Crippen LogP contribution >= 0.6 is 0 Å². The minimum atomic E-state index is -0.830. The predicted molar refractivity (Wildman–Crippen MR) is 34.7 cm³/mol. The van der Waals surface area contributed by atoms with Crippen LogP contribution in [0.1, 0.15) is 11.1 Å². The summed E-state index contributed by atoms with van der Waals surface area (Å²) in [5.41, 5.74) is 0.985. The van der Waals surface area contributed by atoms with Crippen LogP contribution in [-0.2, 0) is 32.7 Å². The van der Waals surface area contributed by atoms with Crippen LogP contribution in [0.3, 0.4) is 0 Å². The molecule has 11 heavy (non-hydrogen) atoms. The second-order valence-corrected chi connectivity index (χ2v) is 2.20. The van der Waals surface area contributed by atoms with Crippen LogP contribution in [0, 0.1) is 31.5 Å². The average Bonchev–Trinajstić information content (AvgIpc) is 1.93. The standard InChI is InChI=1S/C8H7F2.Y/c1-5-3-4-7(9)8(10)6(5)2;/h4H,1-2H3;/q-1;+3. The Kier molecular flexibility index (Phi) is 4.34. The molecule has 0 aliphatic heterocycles. The zero-order chi connectivity index (χ0) is 7.72.